The molecular formula is C14H23N5O. The minimum Gasteiger partial charge on any atom is -0.364 e. The van der Waals surface area contributed by atoms with Crippen molar-refractivity contribution in [3.63, 3.8) is 0 Å². The molecule has 0 aliphatic heterocycles. The fourth-order valence-electron chi connectivity index (χ4n) is 2.75. The summed E-state index contributed by atoms with van der Waals surface area (Å²) in [5.41, 5.74) is 6.20. The van der Waals surface area contributed by atoms with Gasteiger partial charge in [0, 0.05) is 19.6 Å². The van der Waals surface area contributed by atoms with E-state index < -0.39 is 0 Å². The molecule has 1 aromatic rings. The molecule has 110 valence electrons. The molecule has 1 aliphatic rings. The van der Waals surface area contributed by atoms with E-state index in [2.05, 4.69) is 20.8 Å². The van der Waals surface area contributed by atoms with Gasteiger partial charge in [-0.3, -0.25) is 4.79 Å². The number of carbonyl (C=O) groups excluding carboxylic acids is 1. The van der Waals surface area contributed by atoms with E-state index in [0.29, 0.717) is 24.0 Å². The van der Waals surface area contributed by atoms with Crippen LogP contribution in [0.25, 0.3) is 0 Å². The van der Waals surface area contributed by atoms with Crippen LogP contribution in [-0.4, -0.2) is 35.7 Å². The Balaban J connectivity index is 1.98. The maximum atomic E-state index is 11.4. The number of hydrogen-bond acceptors (Lipinski definition) is 5. The molecule has 0 bridgehead atoms. The minimum atomic E-state index is -0.230. The first-order valence-electron chi connectivity index (χ1n) is 7.27. The molecule has 1 unspecified atom stereocenters. The van der Waals surface area contributed by atoms with E-state index in [1.807, 2.05) is 0 Å². The Morgan fingerprint density at radius 2 is 2.10 bits per heavy atom. The number of nitrogens with zero attached hydrogens (tertiary/aromatic N) is 2. The fraction of sp³-hybridized carbons (Fsp3) is 0.643. The maximum absolute atomic E-state index is 11.4. The summed E-state index contributed by atoms with van der Waals surface area (Å²) in [6.45, 7) is 0.587. The predicted octanol–water partition coefficient (Wildman–Crippen LogP) is 1.16. The van der Waals surface area contributed by atoms with E-state index in [4.69, 9.17) is 5.73 Å². The van der Waals surface area contributed by atoms with Crippen LogP contribution in [0.4, 0.5) is 5.82 Å². The van der Waals surface area contributed by atoms with Crippen molar-refractivity contribution in [2.75, 3.05) is 18.9 Å². The molecule has 1 amide bonds. The quantitative estimate of drug-likeness (QED) is 0.751. The molecule has 1 saturated carbocycles. The van der Waals surface area contributed by atoms with Crippen LogP contribution >= 0.6 is 0 Å². The summed E-state index contributed by atoms with van der Waals surface area (Å²) in [5.74, 6) is 1.06. The number of amides is 1. The van der Waals surface area contributed by atoms with Crippen LogP contribution in [0.5, 0.6) is 0 Å². The summed E-state index contributed by atoms with van der Waals surface area (Å²) in [5, 5.41) is 13.8. The van der Waals surface area contributed by atoms with Crippen molar-refractivity contribution in [3.05, 3.63) is 17.8 Å². The van der Waals surface area contributed by atoms with Crippen LogP contribution in [0.3, 0.4) is 0 Å². The normalized spacial score (nSPS) is 17.5. The Kier molecular flexibility index (Phi) is 5.29. The summed E-state index contributed by atoms with van der Waals surface area (Å²) in [7, 11) is 1.57. The molecule has 20 heavy (non-hydrogen) atoms. The van der Waals surface area contributed by atoms with Gasteiger partial charge in [0.2, 0.25) is 0 Å². The second kappa shape index (κ2) is 7.19. The van der Waals surface area contributed by atoms with Crippen LogP contribution in [0, 0.1) is 5.92 Å². The number of nitrogens with two attached hydrogens (primary N) is 1. The van der Waals surface area contributed by atoms with Crippen molar-refractivity contribution in [2.24, 2.45) is 11.7 Å². The summed E-state index contributed by atoms with van der Waals surface area (Å²) in [4.78, 5) is 11.4. The molecule has 4 N–H and O–H groups in total. The Morgan fingerprint density at radius 1 is 1.35 bits per heavy atom. The van der Waals surface area contributed by atoms with Gasteiger partial charge in [-0.15, -0.1) is 10.2 Å². The van der Waals surface area contributed by atoms with Crippen LogP contribution in [-0.2, 0) is 0 Å². The van der Waals surface area contributed by atoms with Gasteiger partial charge in [0.25, 0.3) is 5.91 Å². The Bertz CT molecular complexity index is 428. The lowest BCUT2D eigenvalue weighted by Gasteiger charge is -2.30. The third kappa shape index (κ3) is 3.66. The molecule has 6 heteroatoms. The van der Waals surface area contributed by atoms with Gasteiger partial charge in [0.15, 0.2) is 5.69 Å². The molecule has 1 heterocycles. The van der Waals surface area contributed by atoms with E-state index in [0.717, 1.165) is 0 Å². The molecule has 0 spiro atoms. The molecule has 0 saturated heterocycles. The molecule has 0 radical (unpaired) electrons. The first-order chi connectivity index (χ1) is 9.74. The van der Waals surface area contributed by atoms with Crippen molar-refractivity contribution >= 4 is 11.7 Å². The summed E-state index contributed by atoms with van der Waals surface area (Å²) >= 11 is 0. The third-order valence-corrected chi connectivity index (χ3v) is 3.93. The zero-order valence-corrected chi connectivity index (χ0v) is 11.9. The maximum Gasteiger partial charge on any atom is 0.271 e. The average Bonchev–Trinajstić information content (AvgIpc) is 2.53. The predicted molar refractivity (Wildman–Crippen MR) is 78.5 cm³/mol. The lowest BCUT2D eigenvalue weighted by atomic mass is 9.84. The van der Waals surface area contributed by atoms with E-state index in [1.54, 1.807) is 19.2 Å². The SMILES string of the molecule is CNC(=O)c1ccc(NC(CN)C2CCCCC2)nn1. The molecule has 1 aromatic heterocycles. The van der Waals surface area contributed by atoms with Crippen molar-refractivity contribution in [1.82, 2.24) is 15.5 Å². The fourth-order valence-corrected chi connectivity index (χ4v) is 2.75. The van der Waals surface area contributed by atoms with Crippen LogP contribution in [0.2, 0.25) is 0 Å². The molecule has 1 atom stereocenters. The zero-order chi connectivity index (χ0) is 14.4. The third-order valence-electron chi connectivity index (χ3n) is 3.93. The number of aromatic nitrogens is 2. The monoisotopic (exact) mass is 277 g/mol. The van der Waals surface area contributed by atoms with Crippen LogP contribution < -0.4 is 16.4 Å². The van der Waals surface area contributed by atoms with Crippen molar-refractivity contribution in [3.8, 4) is 0 Å². The first kappa shape index (κ1) is 14.7. The molecular weight excluding hydrogens is 254 g/mol. The smallest absolute Gasteiger partial charge is 0.271 e. The van der Waals surface area contributed by atoms with Crippen molar-refractivity contribution in [2.45, 2.75) is 38.1 Å². The minimum absolute atomic E-state index is 0.230. The topological polar surface area (TPSA) is 92.9 Å². The number of rotatable bonds is 5. The summed E-state index contributed by atoms with van der Waals surface area (Å²) in [6, 6.07) is 3.68. The zero-order valence-electron chi connectivity index (χ0n) is 11.9. The molecule has 0 aromatic carbocycles. The van der Waals surface area contributed by atoms with Gasteiger partial charge in [0.05, 0.1) is 0 Å². The largest absolute Gasteiger partial charge is 0.364 e. The first-order valence-corrected chi connectivity index (χ1v) is 7.27. The lowest BCUT2D eigenvalue weighted by Crippen LogP contribution is -2.37. The van der Waals surface area contributed by atoms with Gasteiger partial charge >= 0.3 is 0 Å². The van der Waals surface area contributed by atoms with Crippen LogP contribution in [0.15, 0.2) is 12.1 Å². The highest BCUT2D eigenvalue weighted by molar-refractivity contribution is 5.91. The number of carbonyl (C=O) groups is 1. The van der Waals surface area contributed by atoms with Gasteiger partial charge in [-0.05, 0) is 30.9 Å². The number of anilines is 1. The molecule has 1 fully saturated rings. The lowest BCUT2D eigenvalue weighted by molar-refractivity contribution is 0.0957. The van der Waals surface area contributed by atoms with E-state index >= 15 is 0 Å². The summed E-state index contributed by atoms with van der Waals surface area (Å²) < 4.78 is 0. The van der Waals surface area contributed by atoms with E-state index in [9.17, 15) is 4.79 Å². The Labute approximate surface area is 119 Å². The van der Waals surface area contributed by atoms with Crippen molar-refractivity contribution < 1.29 is 4.79 Å². The molecule has 1 aliphatic carbocycles. The Morgan fingerprint density at radius 3 is 2.65 bits per heavy atom. The average molecular weight is 277 g/mol. The highest BCUT2D eigenvalue weighted by Crippen LogP contribution is 2.27. The van der Waals surface area contributed by atoms with Crippen molar-refractivity contribution in [1.29, 1.82) is 0 Å². The summed E-state index contributed by atoms with van der Waals surface area (Å²) in [6.07, 6.45) is 6.33. The standard InChI is InChI=1S/C14H23N5O/c1-16-14(20)11-7-8-13(19-18-11)17-12(9-15)10-5-3-2-4-6-10/h7-8,10,12H,2-6,9,15H2,1H3,(H,16,20)(H,17,19). The highest BCUT2D eigenvalue weighted by Gasteiger charge is 2.22. The van der Waals surface area contributed by atoms with Gasteiger partial charge in [-0.2, -0.15) is 0 Å². The Hall–Kier alpha value is -1.69. The molecule has 2 rings (SSSR count). The van der Waals surface area contributed by atoms with E-state index in [-0.39, 0.29) is 11.9 Å². The van der Waals surface area contributed by atoms with Crippen LogP contribution in [0.1, 0.15) is 42.6 Å². The van der Waals surface area contributed by atoms with Gasteiger partial charge in [0.1, 0.15) is 5.82 Å². The number of nitrogens with one attached hydrogen (secondary N) is 2. The second-order valence-electron chi connectivity index (χ2n) is 5.27. The van der Waals surface area contributed by atoms with E-state index in [1.165, 1.54) is 32.1 Å². The van der Waals surface area contributed by atoms with Gasteiger partial charge in [-0.25, -0.2) is 0 Å². The second-order valence-corrected chi connectivity index (χ2v) is 5.27. The van der Waals surface area contributed by atoms with Gasteiger partial charge < -0.3 is 16.4 Å². The number of hydrogen-bond donors (Lipinski definition) is 3. The highest BCUT2D eigenvalue weighted by atomic mass is 16.1. The van der Waals surface area contributed by atoms with Gasteiger partial charge in [-0.1, -0.05) is 19.3 Å². The molecule has 6 nitrogen and oxygen atoms in total.